The molecule has 0 fully saturated rings. The predicted octanol–water partition coefficient (Wildman–Crippen LogP) is 2.12. The van der Waals surface area contributed by atoms with E-state index in [0.29, 0.717) is 24.5 Å². The van der Waals surface area contributed by atoms with Crippen LogP contribution in [0.5, 0.6) is 0 Å². The molecule has 1 N–H and O–H groups in total. The van der Waals surface area contributed by atoms with Crippen molar-refractivity contribution in [2.75, 3.05) is 27.2 Å². The third kappa shape index (κ3) is 4.40. The molecule has 6 nitrogen and oxygen atoms in total. The summed E-state index contributed by atoms with van der Waals surface area (Å²) in [7, 11) is 3.54. The van der Waals surface area contributed by atoms with E-state index in [4.69, 9.17) is 0 Å². The molecule has 0 saturated carbocycles. The second-order valence-electron chi connectivity index (χ2n) is 6.06. The summed E-state index contributed by atoms with van der Waals surface area (Å²) in [6.45, 7) is 4.82. The third-order valence-electron chi connectivity index (χ3n) is 4.18. The van der Waals surface area contributed by atoms with Gasteiger partial charge in [0.1, 0.15) is 0 Å². The average Bonchev–Trinajstić information content (AvgIpc) is 2.87. The monoisotopic (exact) mass is 369 g/mol. The van der Waals surface area contributed by atoms with Crippen molar-refractivity contribution in [3.63, 3.8) is 0 Å². The Morgan fingerprint density at radius 2 is 2.00 bits per heavy atom. The van der Waals surface area contributed by atoms with Crippen LogP contribution >= 0.6 is 0 Å². The quantitative estimate of drug-likeness (QED) is 0.847. The van der Waals surface area contributed by atoms with E-state index in [0.717, 1.165) is 17.8 Å². The van der Waals surface area contributed by atoms with Crippen molar-refractivity contribution in [3.8, 4) is 5.82 Å². The molecule has 0 aromatic carbocycles. The molecule has 2 rings (SSSR count). The van der Waals surface area contributed by atoms with Gasteiger partial charge in [-0.2, -0.15) is 18.3 Å². The van der Waals surface area contributed by atoms with Crippen molar-refractivity contribution in [1.82, 2.24) is 25.0 Å². The lowest BCUT2D eigenvalue weighted by Crippen LogP contribution is -2.34. The van der Waals surface area contributed by atoms with Gasteiger partial charge >= 0.3 is 6.18 Å². The number of halogens is 3. The number of amides is 1. The molecule has 9 heteroatoms. The van der Waals surface area contributed by atoms with Gasteiger partial charge in [0.2, 0.25) is 5.91 Å². The SMILES string of the molecule is CNCCN(C)C(=O)Cc1c(C)nn(-c2ccc(C(F)(F)F)cn2)c1C. The zero-order valence-electron chi connectivity index (χ0n) is 15.2. The van der Waals surface area contributed by atoms with E-state index < -0.39 is 11.7 Å². The number of aromatic nitrogens is 3. The van der Waals surface area contributed by atoms with Crippen LogP contribution in [0.4, 0.5) is 13.2 Å². The van der Waals surface area contributed by atoms with Crippen molar-refractivity contribution in [2.45, 2.75) is 26.4 Å². The highest BCUT2D eigenvalue weighted by molar-refractivity contribution is 5.79. The summed E-state index contributed by atoms with van der Waals surface area (Å²) in [5.41, 5.74) is 1.28. The molecule has 2 aromatic heterocycles. The van der Waals surface area contributed by atoms with E-state index in [1.807, 2.05) is 7.05 Å². The maximum absolute atomic E-state index is 12.7. The normalized spacial score (nSPS) is 11.7. The van der Waals surface area contributed by atoms with Crippen LogP contribution in [-0.2, 0) is 17.4 Å². The molecule has 1 amide bonds. The Hall–Kier alpha value is -2.42. The molecular weight excluding hydrogens is 347 g/mol. The van der Waals surface area contributed by atoms with Crippen molar-refractivity contribution >= 4 is 5.91 Å². The number of pyridine rings is 1. The Bertz CT molecular complexity index is 768. The fraction of sp³-hybridized carbons (Fsp3) is 0.471. The zero-order valence-corrected chi connectivity index (χ0v) is 15.2. The van der Waals surface area contributed by atoms with Crippen molar-refractivity contribution in [1.29, 1.82) is 0 Å². The molecule has 0 aliphatic carbocycles. The molecule has 0 aliphatic heterocycles. The van der Waals surface area contributed by atoms with Gasteiger partial charge in [0.25, 0.3) is 0 Å². The molecule has 2 heterocycles. The van der Waals surface area contributed by atoms with Gasteiger partial charge in [-0.1, -0.05) is 0 Å². The molecule has 26 heavy (non-hydrogen) atoms. The largest absolute Gasteiger partial charge is 0.417 e. The minimum Gasteiger partial charge on any atom is -0.344 e. The number of hydrogen-bond acceptors (Lipinski definition) is 4. The summed E-state index contributed by atoms with van der Waals surface area (Å²) in [6, 6.07) is 2.24. The second-order valence-corrected chi connectivity index (χ2v) is 6.06. The number of aryl methyl sites for hydroxylation is 1. The Balaban J connectivity index is 2.23. The lowest BCUT2D eigenvalue weighted by Gasteiger charge is -2.17. The zero-order chi connectivity index (χ0) is 19.5. The molecule has 2 aromatic rings. The maximum atomic E-state index is 12.7. The van der Waals surface area contributed by atoms with Crippen LogP contribution in [0.2, 0.25) is 0 Å². The highest BCUT2D eigenvalue weighted by Gasteiger charge is 2.31. The van der Waals surface area contributed by atoms with Gasteiger partial charge in [0, 0.05) is 37.6 Å². The number of nitrogens with one attached hydrogen (secondary N) is 1. The molecule has 0 spiro atoms. The minimum atomic E-state index is -4.43. The smallest absolute Gasteiger partial charge is 0.344 e. The van der Waals surface area contributed by atoms with Crippen molar-refractivity contribution < 1.29 is 18.0 Å². The first-order chi connectivity index (χ1) is 12.1. The third-order valence-corrected chi connectivity index (χ3v) is 4.18. The van der Waals surface area contributed by atoms with Crippen LogP contribution in [-0.4, -0.2) is 52.8 Å². The molecule has 0 bridgehead atoms. The van der Waals surface area contributed by atoms with Crippen molar-refractivity contribution in [2.24, 2.45) is 0 Å². The van der Waals surface area contributed by atoms with E-state index in [-0.39, 0.29) is 18.1 Å². The standard InChI is InChI=1S/C17H22F3N5O/c1-11-14(9-16(26)24(4)8-7-21-3)12(2)25(23-11)15-6-5-13(10-22-15)17(18,19)20/h5-6,10,21H,7-9H2,1-4H3. The summed E-state index contributed by atoms with van der Waals surface area (Å²) in [4.78, 5) is 17.8. The Morgan fingerprint density at radius 1 is 1.31 bits per heavy atom. The van der Waals surface area contributed by atoms with Crippen LogP contribution in [0.3, 0.4) is 0 Å². The molecule has 0 saturated heterocycles. The molecular formula is C17H22F3N5O. The number of alkyl halides is 3. The van der Waals surface area contributed by atoms with Gasteiger partial charge in [-0.15, -0.1) is 0 Å². The first kappa shape index (κ1) is 19.9. The summed E-state index contributed by atoms with van der Waals surface area (Å²) in [5, 5.41) is 7.32. The average molecular weight is 369 g/mol. The van der Waals surface area contributed by atoms with Gasteiger partial charge in [-0.3, -0.25) is 4.79 Å². The van der Waals surface area contributed by atoms with Crippen LogP contribution in [0.15, 0.2) is 18.3 Å². The van der Waals surface area contributed by atoms with Crippen LogP contribution < -0.4 is 5.32 Å². The Labute approximate surface area is 150 Å². The topological polar surface area (TPSA) is 63.1 Å². The second kappa shape index (κ2) is 7.86. The van der Waals surface area contributed by atoms with E-state index in [2.05, 4.69) is 15.4 Å². The van der Waals surface area contributed by atoms with Gasteiger partial charge in [-0.25, -0.2) is 9.67 Å². The lowest BCUT2D eigenvalue weighted by atomic mass is 10.1. The maximum Gasteiger partial charge on any atom is 0.417 e. The highest BCUT2D eigenvalue weighted by atomic mass is 19.4. The Morgan fingerprint density at radius 3 is 2.54 bits per heavy atom. The summed E-state index contributed by atoms with van der Waals surface area (Å²) in [6.07, 6.45) is -3.48. The minimum absolute atomic E-state index is 0.0496. The molecule has 0 unspecified atom stereocenters. The van der Waals surface area contributed by atoms with Gasteiger partial charge in [-0.05, 0) is 33.0 Å². The van der Waals surface area contributed by atoms with Gasteiger partial charge in [0.15, 0.2) is 5.82 Å². The number of carbonyl (C=O) groups is 1. The Kier molecular flexibility index (Phi) is 6.01. The summed E-state index contributed by atoms with van der Waals surface area (Å²) < 4.78 is 39.5. The summed E-state index contributed by atoms with van der Waals surface area (Å²) >= 11 is 0. The number of nitrogens with zero attached hydrogens (tertiary/aromatic N) is 4. The molecule has 0 radical (unpaired) electrons. The number of hydrogen-bond donors (Lipinski definition) is 1. The van der Waals surface area contributed by atoms with E-state index in [1.54, 1.807) is 25.8 Å². The number of rotatable bonds is 6. The molecule has 142 valence electrons. The highest BCUT2D eigenvalue weighted by Crippen LogP contribution is 2.29. The first-order valence-corrected chi connectivity index (χ1v) is 8.12. The number of carbonyl (C=O) groups excluding carboxylic acids is 1. The van der Waals surface area contributed by atoms with Crippen LogP contribution in [0.1, 0.15) is 22.5 Å². The lowest BCUT2D eigenvalue weighted by molar-refractivity contribution is -0.137. The van der Waals surface area contributed by atoms with E-state index in [1.165, 1.54) is 10.7 Å². The van der Waals surface area contributed by atoms with Crippen LogP contribution in [0, 0.1) is 13.8 Å². The fourth-order valence-electron chi connectivity index (χ4n) is 2.52. The predicted molar refractivity (Wildman–Crippen MR) is 91.1 cm³/mol. The number of likely N-dealkylation sites (N-methyl/N-ethyl adjacent to an activating group) is 2. The fourth-order valence-corrected chi connectivity index (χ4v) is 2.52. The van der Waals surface area contributed by atoms with Gasteiger partial charge < -0.3 is 10.2 Å². The summed E-state index contributed by atoms with van der Waals surface area (Å²) in [5.74, 6) is 0.229. The first-order valence-electron chi connectivity index (χ1n) is 8.12. The molecule has 0 aliphatic rings. The van der Waals surface area contributed by atoms with Crippen LogP contribution in [0.25, 0.3) is 5.82 Å². The molecule has 0 atom stereocenters. The van der Waals surface area contributed by atoms with E-state index >= 15 is 0 Å². The van der Waals surface area contributed by atoms with E-state index in [9.17, 15) is 18.0 Å². The van der Waals surface area contributed by atoms with Gasteiger partial charge in [0.05, 0.1) is 17.7 Å². The van der Waals surface area contributed by atoms with Crippen molar-refractivity contribution in [3.05, 3.63) is 40.8 Å².